The molecule has 2 fully saturated rings. The Labute approximate surface area is 103 Å². The van der Waals surface area contributed by atoms with Crippen molar-refractivity contribution >= 4 is 6.09 Å². The molecule has 2 rings (SSSR count). The maximum absolute atomic E-state index is 11.7. The van der Waals surface area contributed by atoms with E-state index in [-0.39, 0.29) is 12.1 Å². The second kappa shape index (κ2) is 4.48. The van der Waals surface area contributed by atoms with Crippen LogP contribution in [0, 0.1) is 5.41 Å². The fourth-order valence-electron chi connectivity index (χ4n) is 2.70. The van der Waals surface area contributed by atoms with Gasteiger partial charge >= 0.3 is 6.09 Å². The predicted octanol–water partition coefficient (Wildman–Crippen LogP) is 2.47. The SMILES string of the molecule is CC(C)(C)OC(=O)N[C@@H]1CCCC2(COC2)C1. The summed E-state index contributed by atoms with van der Waals surface area (Å²) in [4.78, 5) is 11.7. The van der Waals surface area contributed by atoms with Gasteiger partial charge in [-0.1, -0.05) is 6.42 Å². The van der Waals surface area contributed by atoms with Crippen molar-refractivity contribution in [3.05, 3.63) is 0 Å². The summed E-state index contributed by atoms with van der Waals surface area (Å²) in [5, 5.41) is 2.98. The Morgan fingerprint density at radius 3 is 2.65 bits per heavy atom. The Morgan fingerprint density at radius 2 is 2.12 bits per heavy atom. The van der Waals surface area contributed by atoms with Crippen LogP contribution in [0.5, 0.6) is 0 Å². The van der Waals surface area contributed by atoms with Gasteiger partial charge in [-0.25, -0.2) is 4.79 Å². The molecule has 0 unspecified atom stereocenters. The first-order valence-corrected chi connectivity index (χ1v) is 6.46. The van der Waals surface area contributed by atoms with E-state index in [1.807, 2.05) is 20.8 Å². The standard InChI is InChI=1S/C13H23NO3/c1-12(2,3)17-11(15)14-10-5-4-6-13(7-10)8-16-9-13/h10H,4-9H2,1-3H3,(H,14,15)/t10-/m1/s1. The van der Waals surface area contributed by atoms with Crippen LogP contribution in [0.25, 0.3) is 0 Å². The van der Waals surface area contributed by atoms with Gasteiger partial charge in [0.15, 0.2) is 0 Å². The zero-order chi connectivity index (χ0) is 12.5. The van der Waals surface area contributed by atoms with E-state index in [1.54, 1.807) is 0 Å². The summed E-state index contributed by atoms with van der Waals surface area (Å²) in [5.41, 5.74) is -0.0754. The van der Waals surface area contributed by atoms with Gasteiger partial charge in [0.2, 0.25) is 0 Å². The average Bonchev–Trinajstić information content (AvgIpc) is 2.12. The molecular weight excluding hydrogens is 218 g/mol. The lowest BCUT2D eigenvalue weighted by molar-refractivity contribution is -0.135. The Kier molecular flexibility index (Phi) is 3.34. The van der Waals surface area contributed by atoms with Crippen LogP contribution in [0.1, 0.15) is 46.5 Å². The van der Waals surface area contributed by atoms with E-state index in [1.165, 1.54) is 12.8 Å². The molecule has 4 heteroatoms. The van der Waals surface area contributed by atoms with Crippen LogP contribution >= 0.6 is 0 Å². The van der Waals surface area contributed by atoms with E-state index in [0.717, 1.165) is 26.1 Å². The maximum atomic E-state index is 11.7. The molecular formula is C13H23NO3. The Balaban J connectivity index is 1.80. The number of carbonyl (C=O) groups is 1. The monoisotopic (exact) mass is 241 g/mol. The van der Waals surface area contributed by atoms with Gasteiger partial charge in [-0.2, -0.15) is 0 Å². The number of nitrogens with one attached hydrogen (secondary N) is 1. The van der Waals surface area contributed by atoms with Gasteiger partial charge in [-0.05, 0) is 40.0 Å². The molecule has 1 amide bonds. The first-order chi connectivity index (χ1) is 7.89. The zero-order valence-corrected chi connectivity index (χ0v) is 11.0. The van der Waals surface area contributed by atoms with Crippen LogP contribution in [0.2, 0.25) is 0 Å². The van der Waals surface area contributed by atoms with Crippen molar-refractivity contribution in [1.29, 1.82) is 0 Å². The molecule has 1 aliphatic carbocycles. The third-order valence-corrected chi connectivity index (χ3v) is 3.48. The smallest absolute Gasteiger partial charge is 0.407 e. The molecule has 1 saturated heterocycles. The molecule has 1 heterocycles. The fraction of sp³-hybridized carbons (Fsp3) is 0.923. The summed E-state index contributed by atoms with van der Waals surface area (Å²) >= 11 is 0. The minimum Gasteiger partial charge on any atom is -0.444 e. The summed E-state index contributed by atoms with van der Waals surface area (Å²) in [6, 6.07) is 0.252. The second-order valence-electron chi connectivity index (χ2n) is 6.43. The van der Waals surface area contributed by atoms with Gasteiger partial charge in [0, 0.05) is 11.5 Å². The summed E-state index contributed by atoms with van der Waals surface area (Å²) in [6.45, 7) is 7.37. The lowest BCUT2D eigenvalue weighted by Crippen LogP contribution is -2.51. The summed E-state index contributed by atoms with van der Waals surface area (Å²) in [7, 11) is 0. The van der Waals surface area contributed by atoms with Crippen molar-refractivity contribution in [3.8, 4) is 0 Å². The fourth-order valence-corrected chi connectivity index (χ4v) is 2.70. The van der Waals surface area contributed by atoms with Gasteiger partial charge in [-0.15, -0.1) is 0 Å². The summed E-state index contributed by atoms with van der Waals surface area (Å²) in [6.07, 6.45) is 4.20. The van der Waals surface area contributed by atoms with Crippen molar-refractivity contribution < 1.29 is 14.3 Å². The van der Waals surface area contributed by atoms with Gasteiger partial charge in [-0.3, -0.25) is 0 Å². The molecule has 1 atom stereocenters. The van der Waals surface area contributed by atoms with Gasteiger partial charge in [0.1, 0.15) is 5.60 Å². The number of hydrogen-bond donors (Lipinski definition) is 1. The van der Waals surface area contributed by atoms with E-state index in [9.17, 15) is 4.79 Å². The minimum atomic E-state index is -0.421. The highest BCUT2D eigenvalue weighted by molar-refractivity contribution is 5.68. The predicted molar refractivity (Wildman–Crippen MR) is 64.9 cm³/mol. The number of amides is 1. The van der Waals surface area contributed by atoms with Crippen molar-refractivity contribution in [3.63, 3.8) is 0 Å². The van der Waals surface area contributed by atoms with Crippen LogP contribution in [0.3, 0.4) is 0 Å². The Morgan fingerprint density at radius 1 is 1.41 bits per heavy atom. The Bertz CT molecular complexity index is 292. The Hall–Kier alpha value is -0.770. The quantitative estimate of drug-likeness (QED) is 0.767. The van der Waals surface area contributed by atoms with Crippen LogP contribution < -0.4 is 5.32 Å². The molecule has 0 bridgehead atoms. The molecule has 1 saturated carbocycles. The number of ether oxygens (including phenoxy) is 2. The largest absolute Gasteiger partial charge is 0.444 e. The molecule has 0 aromatic heterocycles. The number of hydrogen-bond acceptors (Lipinski definition) is 3. The molecule has 98 valence electrons. The third-order valence-electron chi connectivity index (χ3n) is 3.48. The minimum absolute atomic E-state index is 0.252. The molecule has 1 spiro atoms. The van der Waals surface area contributed by atoms with E-state index in [2.05, 4.69) is 5.32 Å². The molecule has 0 aromatic carbocycles. The highest BCUT2D eigenvalue weighted by Gasteiger charge is 2.43. The van der Waals surface area contributed by atoms with E-state index < -0.39 is 5.60 Å². The summed E-state index contributed by atoms with van der Waals surface area (Å²) < 4.78 is 10.6. The van der Waals surface area contributed by atoms with Crippen molar-refractivity contribution in [2.24, 2.45) is 5.41 Å². The van der Waals surface area contributed by atoms with Crippen LogP contribution in [0.4, 0.5) is 4.79 Å². The van der Waals surface area contributed by atoms with E-state index in [0.29, 0.717) is 5.41 Å². The van der Waals surface area contributed by atoms with Crippen LogP contribution in [0.15, 0.2) is 0 Å². The second-order valence-corrected chi connectivity index (χ2v) is 6.43. The highest BCUT2D eigenvalue weighted by Crippen LogP contribution is 2.42. The van der Waals surface area contributed by atoms with Crippen LogP contribution in [-0.4, -0.2) is 30.9 Å². The van der Waals surface area contributed by atoms with E-state index in [4.69, 9.17) is 9.47 Å². The topological polar surface area (TPSA) is 47.6 Å². The number of carbonyl (C=O) groups excluding carboxylic acids is 1. The molecule has 2 aliphatic rings. The number of alkyl carbamates (subject to hydrolysis) is 1. The van der Waals surface area contributed by atoms with Crippen molar-refractivity contribution in [2.75, 3.05) is 13.2 Å². The number of rotatable bonds is 1. The van der Waals surface area contributed by atoms with Gasteiger partial charge in [0.25, 0.3) is 0 Å². The van der Waals surface area contributed by atoms with Crippen molar-refractivity contribution in [1.82, 2.24) is 5.32 Å². The first-order valence-electron chi connectivity index (χ1n) is 6.46. The summed E-state index contributed by atoms with van der Waals surface area (Å²) in [5.74, 6) is 0. The van der Waals surface area contributed by atoms with Gasteiger partial charge < -0.3 is 14.8 Å². The molecule has 17 heavy (non-hydrogen) atoms. The highest BCUT2D eigenvalue weighted by atomic mass is 16.6. The molecule has 4 nitrogen and oxygen atoms in total. The van der Waals surface area contributed by atoms with E-state index >= 15 is 0 Å². The molecule has 0 radical (unpaired) electrons. The van der Waals surface area contributed by atoms with Crippen LogP contribution in [-0.2, 0) is 9.47 Å². The normalized spacial score (nSPS) is 27.4. The molecule has 1 aliphatic heterocycles. The molecule has 1 N–H and O–H groups in total. The zero-order valence-electron chi connectivity index (χ0n) is 11.0. The molecule has 0 aromatic rings. The first kappa shape index (κ1) is 12.7. The maximum Gasteiger partial charge on any atom is 0.407 e. The lowest BCUT2D eigenvalue weighted by atomic mass is 9.71. The average molecular weight is 241 g/mol. The van der Waals surface area contributed by atoms with Crippen molar-refractivity contribution in [2.45, 2.75) is 58.1 Å². The van der Waals surface area contributed by atoms with Gasteiger partial charge in [0.05, 0.1) is 13.2 Å². The lowest BCUT2D eigenvalue weighted by Gasteiger charge is -2.47. The third kappa shape index (κ3) is 3.35.